The van der Waals surface area contributed by atoms with E-state index in [0.717, 1.165) is 12.8 Å². The van der Waals surface area contributed by atoms with Gasteiger partial charge < -0.3 is 5.32 Å². The summed E-state index contributed by atoms with van der Waals surface area (Å²) < 4.78 is 0. The number of nitrogens with one attached hydrogen (secondary N) is 1. The van der Waals surface area contributed by atoms with E-state index in [1.165, 1.54) is 30.7 Å². The number of nitrogens with zero attached hydrogens (tertiary/aromatic N) is 1. The van der Waals surface area contributed by atoms with Crippen molar-refractivity contribution in [2.45, 2.75) is 24.1 Å². The molecule has 1 aromatic rings. The van der Waals surface area contributed by atoms with Crippen LogP contribution >= 0.6 is 15.9 Å². The first kappa shape index (κ1) is 14.0. The van der Waals surface area contributed by atoms with Crippen LogP contribution in [0.4, 0.5) is 5.69 Å². The molecule has 19 heavy (non-hydrogen) atoms. The van der Waals surface area contributed by atoms with Gasteiger partial charge in [-0.2, -0.15) is 0 Å². The standard InChI is InChI=1S/C13H15BrN2O3/c14-12-3-1-2-10(12)8-15-13(17)9-4-6-11(7-5-9)16(18)19/h4-7,10,12H,1-3,8H2,(H,15,17). The number of hydrogen-bond donors (Lipinski definition) is 1. The Bertz CT molecular complexity index is 475. The summed E-state index contributed by atoms with van der Waals surface area (Å²) in [4.78, 5) is 22.4. The van der Waals surface area contributed by atoms with Crippen LogP contribution in [0.5, 0.6) is 0 Å². The van der Waals surface area contributed by atoms with Gasteiger partial charge in [-0.05, 0) is 30.9 Å². The van der Waals surface area contributed by atoms with Gasteiger partial charge in [0.15, 0.2) is 0 Å². The molecule has 0 spiro atoms. The Balaban J connectivity index is 1.90. The van der Waals surface area contributed by atoms with Crippen molar-refractivity contribution in [3.8, 4) is 0 Å². The van der Waals surface area contributed by atoms with Crippen molar-refractivity contribution < 1.29 is 9.72 Å². The van der Waals surface area contributed by atoms with Crippen molar-refractivity contribution in [3.63, 3.8) is 0 Å². The largest absolute Gasteiger partial charge is 0.352 e. The highest BCUT2D eigenvalue weighted by atomic mass is 79.9. The maximum absolute atomic E-state index is 11.9. The van der Waals surface area contributed by atoms with Gasteiger partial charge in [-0.15, -0.1) is 0 Å². The van der Waals surface area contributed by atoms with E-state index in [0.29, 0.717) is 22.9 Å². The number of non-ortho nitro benzene ring substituents is 1. The second kappa shape index (κ2) is 6.14. The highest BCUT2D eigenvalue weighted by Crippen LogP contribution is 2.30. The zero-order valence-electron chi connectivity index (χ0n) is 10.3. The molecular formula is C13H15BrN2O3. The Kier molecular flexibility index (Phi) is 4.52. The Morgan fingerprint density at radius 1 is 1.37 bits per heavy atom. The van der Waals surface area contributed by atoms with Crippen molar-refractivity contribution in [2.24, 2.45) is 5.92 Å². The number of amides is 1. The quantitative estimate of drug-likeness (QED) is 0.525. The molecular weight excluding hydrogens is 312 g/mol. The van der Waals surface area contributed by atoms with Gasteiger partial charge in [-0.1, -0.05) is 22.4 Å². The van der Waals surface area contributed by atoms with Crippen molar-refractivity contribution in [1.29, 1.82) is 0 Å². The maximum Gasteiger partial charge on any atom is 0.269 e. The average Bonchev–Trinajstić information content (AvgIpc) is 2.81. The molecule has 1 fully saturated rings. The number of carbonyl (C=O) groups excluding carboxylic acids is 1. The minimum absolute atomic E-state index is 0.00661. The lowest BCUT2D eigenvalue weighted by atomic mass is 10.1. The Morgan fingerprint density at radius 2 is 2.05 bits per heavy atom. The van der Waals surface area contributed by atoms with Gasteiger partial charge in [-0.25, -0.2) is 0 Å². The highest BCUT2D eigenvalue weighted by molar-refractivity contribution is 9.09. The Labute approximate surface area is 119 Å². The molecule has 1 N–H and O–H groups in total. The van der Waals surface area contributed by atoms with Gasteiger partial charge in [0.1, 0.15) is 0 Å². The minimum Gasteiger partial charge on any atom is -0.352 e. The van der Waals surface area contributed by atoms with Gasteiger partial charge in [0.25, 0.3) is 11.6 Å². The van der Waals surface area contributed by atoms with E-state index >= 15 is 0 Å². The predicted octanol–water partition coefficient (Wildman–Crippen LogP) is 2.89. The molecule has 1 aliphatic carbocycles. The van der Waals surface area contributed by atoms with Crippen molar-refractivity contribution in [1.82, 2.24) is 5.32 Å². The molecule has 0 heterocycles. The summed E-state index contributed by atoms with van der Waals surface area (Å²) in [5.41, 5.74) is 0.447. The fraction of sp³-hybridized carbons (Fsp3) is 0.462. The molecule has 0 aliphatic heterocycles. The third-order valence-corrected chi connectivity index (χ3v) is 4.64. The zero-order valence-corrected chi connectivity index (χ0v) is 11.9. The van der Waals surface area contributed by atoms with Gasteiger partial charge in [0.2, 0.25) is 0 Å². The zero-order chi connectivity index (χ0) is 13.8. The van der Waals surface area contributed by atoms with Gasteiger partial charge >= 0.3 is 0 Å². The number of halogens is 1. The first-order valence-corrected chi connectivity index (χ1v) is 7.16. The SMILES string of the molecule is O=C(NCC1CCCC1Br)c1ccc([N+](=O)[O-])cc1. The molecule has 2 atom stereocenters. The number of nitro benzene ring substituents is 1. The van der Waals surface area contributed by atoms with Crippen molar-refractivity contribution in [2.75, 3.05) is 6.54 Å². The first-order chi connectivity index (χ1) is 9.08. The smallest absolute Gasteiger partial charge is 0.269 e. The summed E-state index contributed by atoms with van der Waals surface area (Å²) >= 11 is 3.61. The van der Waals surface area contributed by atoms with Crippen LogP contribution in [0.25, 0.3) is 0 Å². The summed E-state index contributed by atoms with van der Waals surface area (Å²) in [6, 6.07) is 5.65. The maximum atomic E-state index is 11.9. The number of hydrogen-bond acceptors (Lipinski definition) is 3. The monoisotopic (exact) mass is 326 g/mol. The van der Waals surface area contributed by atoms with E-state index in [9.17, 15) is 14.9 Å². The fourth-order valence-electron chi connectivity index (χ4n) is 2.28. The number of alkyl halides is 1. The Hall–Kier alpha value is -1.43. The van der Waals surface area contributed by atoms with Crippen molar-refractivity contribution >= 4 is 27.5 Å². The van der Waals surface area contributed by atoms with Crippen molar-refractivity contribution in [3.05, 3.63) is 39.9 Å². The van der Waals surface area contributed by atoms with Crippen LogP contribution in [0.2, 0.25) is 0 Å². The van der Waals surface area contributed by atoms with Gasteiger partial charge in [0.05, 0.1) is 4.92 Å². The lowest BCUT2D eigenvalue weighted by Crippen LogP contribution is -2.30. The molecule has 2 unspecified atom stereocenters. The summed E-state index contributed by atoms with van der Waals surface area (Å²) in [6.45, 7) is 0.645. The van der Waals surface area contributed by atoms with Crippen LogP contribution in [-0.4, -0.2) is 22.2 Å². The second-order valence-electron chi connectivity index (χ2n) is 4.72. The van der Waals surface area contributed by atoms with Gasteiger partial charge in [0, 0.05) is 29.1 Å². The molecule has 2 rings (SSSR count). The molecule has 102 valence electrons. The summed E-state index contributed by atoms with van der Waals surface area (Å²) in [7, 11) is 0. The summed E-state index contributed by atoms with van der Waals surface area (Å²) in [5.74, 6) is 0.295. The number of rotatable bonds is 4. The first-order valence-electron chi connectivity index (χ1n) is 6.24. The molecule has 1 aliphatic rings. The van der Waals surface area contributed by atoms with E-state index in [2.05, 4.69) is 21.2 Å². The Morgan fingerprint density at radius 3 is 2.58 bits per heavy atom. The van der Waals surface area contributed by atoms with E-state index < -0.39 is 4.92 Å². The van der Waals surface area contributed by atoms with E-state index in [1.807, 2.05) is 0 Å². The van der Waals surface area contributed by atoms with Crippen LogP contribution in [-0.2, 0) is 0 Å². The average molecular weight is 327 g/mol. The van der Waals surface area contributed by atoms with Gasteiger partial charge in [-0.3, -0.25) is 14.9 Å². The van der Waals surface area contributed by atoms with Crippen LogP contribution in [0.1, 0.15) is 29.6 Å². The molecule has 0 radical (unpaired) electrons. The molecule has 0 bridgehead atoms. The molecule has 6 heteroatoms. The molecule has 1 saturated carbocycles. The number of nitro groups is 1. The third-order valence-electron chi connectivity index (χ3n) is 3.43. The second-order valence-corrected chi connectivity index (χ2v) is 5.90. The number of carbonyl (C=O) groups is 1. The van der Waals surface area contributed by atoms with Crippen LogP contribution in [0, 0.1) is 16.0 Å². The highest BCUT2D eigenvalue weighted by Gasteiger charge is 2.25. The fourth-order valence-corrected chi connectivity index (χ4v) is 3.06. The summed E-state index contributed by atoms with van der Waals surface area (Å²) in [5, 5.41) is 13.4. The van der Waals surface area contributed by atoms with E-state index in [1.54, 1.807) is 0 Å². The normalized spacial score (nSPS) is 22.2. The third kappa shape index (κ3) is 3.53. The van der Waals surface area contributed by atoms with Crippen LogP contribution in [0.15, 0.2) is 24.3 Å². The van der Waals surface area contributed by atoms with Crippen LogP contribution < -0.4 is 5.32 Å². The molecule has 1 aromatic carbocycles. The molecule has 1 amide bonds. The van der Waals surface area contributed by atoms with E-state index in [4.69, 9.17) is 0 Å². The molecule has 5 nitrogen and oxygen atoms in total. The predicted molar refractivity (Wildman–Crippen MR) is 75.5 cm³/mol. The van der Waals surface area contributed by atoms with Crippen LogP contribution in [0.3, 0.4) is 0 Å². The number of benzene rings is 1. The molecule has 0 aromatic heterocycles. The van der Waals surface area contributed by atoms with E-state index in [-0.39, 0.29) is 11.6 Å². The lowest BCUT2D eigenvalue weighted by Gasteiger charge is -2.14. The molecule has 0 saturated heterocycles. The minimum atomic E-state index is -0.477. The summed E-state index contributed by atoms with van der Waals surface area (Å²) in [6.07, 6.45) is 3.46. The lowest BCUT2D eigenvalue weighted by molar-refractivity contribution is -0.384. The topological polar surface area (TPSA) is 72.2 Å².